The molecule has 1 aromatic heterocycles. The molecule has 0 aliphatic carbocycles. The predicted molar refractivity (Wildman–Crippen MR) is 123 cm³/mol. The van der Waals surface area contributed by atoms with Crippen LogP contribution in [-0.2, 0) is 21.5 Å². The van der Waals surface area contributed by atoms with Crippen LogP contribution in [-0.4, -0.2) is 65.4 Å². The smallest absolute Gasteiger partial charge is 0.325 e. The topological polar surface area (TPSA) is 123 Å². The molecule has 34 heavy (non-hydrogen) atoms. The molecule has 2 aliphatic heterocycles. The zero-order valence-corrected chi connectivity index (χ0v) is 19.6. The highest BCUT2D eigenvalue weighted by Gasteiger charge is 2.49. The normalized spacial score (nSPS) is 20.5. The van der Waals surface area contributed by atoms with Gasteiger partial charge in [-0.05, 0) is 24.5 Å². The molecular formula is C24H28N6O4. The van der Waals surface area contributed by atoms with Crippen molar-refractivity contribution in [1.82, 2.24) is 20.1 Å². The molecule has 0 spiro atoms. The molecule has 4 amide bonds. The Hall–Kier alpha value is -3.87. The molecule has 0 saturated carbocycles. The number of piperazine rings is 1. The Kier molecular flexibility index (Phi) is 6.28. The van der Waals surface area contributed by atoms with Crippen LogP contribution in [0, 0.1) is 18.3 Å². The number of amides is 4. The third-order valence-electron chi connectivity index (χ3n) is 6.38. The number of rotatable bonds is 6. The van der Waals surface area contributed by atoms with Crippen LogP contribution in [0.5, 0.6) is 0 Å². The zero-order valence-electron chi connectivity index (χ0n) is 19.6. The molecule has 1 unspecified atom stereocenters. The Balaban J connectivity index is 1.39. The maximum atomic E-state index is 13.2. The van der Waals surface area contributed by atoms with E-state index in [9.17, 15) is 19.6 Å². The van der Waals surface area contributed by atoms with Crippen molar-refractivity contribution < 1.29 is 18.8 Å². The Labute approximate surface area is 198 Å². The Morgan fingerprint density at radius 2 is 1.88 bits per heavy atom. The van der Waals surface area contributed by atoms with Crippen molar-refractivity contribution in [3.8, 4) is 6.07 Å². The number of hydrogen-bond donors (Lipinski definition) is 1. The monoisotopic (exact) mass is 464 g/mol. The van der Waals surface area contributed by atoms with Crippen LogP contribution in [0.2, 0.25) is 0 Å². The lowest BCUT2D eigenvalue weighted by atomic mass is 9.91. The molecule has 0 bridgehead atoms. The van der Waals surface area contributed by atoms with Gasteiger partial charge in [-0.15, -0.1) is 0 Å². The van der Waals surface area contributed by atoms with Gasteiger partial charge in [0.15, 0.2) is 5.89 Å². The Morgan fingerprint density at radius 1 is 1.21 bits per heavy atom. The molecule has 1 aromatic carbocycles. The SMILES string of the molecule is CCCc1ccc(C2(C)NC(=O)N(CC(=O)N3CCN(c4oc(C)nc4C#N)CC3)C2=O)cc1. The highest BCUT2D eigenvalue weighted by atomic mass is 16.4. The highest BCUT2D eigenvalue weighted by Crippen LogP contribution is 2.29. The van der Waals surface area contributed by atoms with Crippen LogP contribution >= 0.6 is 0 Å². The van der Waals surface area contributed by atoms with Crippen molar-refractivity contribution in [3.63, 3.8) is 0 Å². The summed E-state index contributed by atoms with van der Waals surface area (Å²) in [5.74, 6) is 0.0667. The number of aromatic nitrogens is 1. The van der Waals surface area contributed by atoms with Crippen LogP contribution in [0.15, 0.2) is 28.7 Å². The number of benzene rings is 1. The van der Waals surface area contributed by atoms with Crippen molar-refractivity contribution in [2.75, 3.05) is 37.6 Å². The number of carbonyl (C=O) groups is 3. The molecule has 4 rings (SSSR count). The van der Waals surface area contributed by atoms with Crippen molar-refractivity contribution in [2.24, 2.45) is 0 Å². The number of hydrogen-bond acceptors (Lipinski definition) is 7. The third kappa shape index (κ3) is 4.21. The molecule has 2 saturated heterocycles. The number of imide groups is 1. The minimum atomic E-state index is -1.21. The van der Waals surface area contributed by atoms with Crippen LogP contribution in [0.25, 0.3) is 0 Å². The van der Waals surface area contributed by atoms with Gasteiger partial charge in [0.2, 0.25) is 17.5 Å². The van der Waals surface area contributed by atoms with E-state index in [1.165, 1.54) is 5.56 Å². The lowest BCUT2D eigenvalue weighted by molar-refractivity contribution is -0.139. The highest BCUT2D eigenvalue weighted by molar-refractivity contribution is 6.09. The van der Waals surface area contributed by atoms with Gasteiger partial charge in [-0.1, -0.05) is 37.6 Å². The quantitative estimate of drug-likeness (QED) is 0.648. The Bertz CT molecular complexity index is 1140. The first-order valence-corrected chi connectivity index (χ1v) is 11.4. The standard InChI is InChI=1S/C24H28N6O4/c1-4-5-17-6-8-18(9-7-17)24(3)22(32)30(23(33)27-24)15-20(31)28-10-12-29(13-11-28)21-19(14-25)26-16(2)34-21/h6-9H,4-5,10-13,15H2,1-3H3,(H,27,33). The molecule has 1 atom stereocenters. The van der Waals surface area contributed by atoms with Crippen LogP contribution in [0.1, 0.15) is 43.0 Å². The first-order valence-electron chi connectivity index (χ1n) is 11.4. The number of anilines is 1. The van der Waals surface area contributed by atoms with Gasteiger partial charge in [0, 0.05) is 33.1 Å². The molecule has 10 nitrogen and oxygen atoms in total. The fraction of sp³-hybridized carbons (Fsp3) is 0.458. The summed E-state index contributed by atoms with van der Waals surface area (Å²) in [7, 11) is 0. The summed E-state index contributed by atoms with van der Waals surface area (Å²) in [5, 5.41) is 12.0. The van der Waals surface area contributed by atoms with Crippen LogP contribution in [0.3, 0.4) is 0 Å². The Morgan fingerprint density at radius 3 is 2.50 bits per heavy atom. The van der Waals surface area contributed by atoms with Crippen LogP contribution in [0.4, 0.5) is 10.7 Å². The molecule has 178 valence electrons. The largest absolute Gasteiger partial charge is 0.424 e. The number of nitrogens with zero attached hydrogens (tertiary/aromatic N) is 5. The van der Waals surface area contributed by atoms with Gasteiger partial charge in [0.25, 0.3) is 5.91 Å². The van der Waals surface area contributed by atoms with Gasteiger partial charge >= 0.3 is 6.03 Å². The average Bonchev–Trinajstić information content (AvgIpc) is 3.32. The molecule has 2 aromatic rings. The fourth-order valence-corrected chi connectivity index (χ4v) is 4.43. The first-order chi connectivity index (χ1) is 16.3. The summed E-state index contributed by atoms with van der Waals surface area (Å²) < 4.78 is 5.55. The molecule has 2 aliphatic rings. The van der Waals surface area contributed by atoms with E-state index in [-0.39, 0.29) is 18.1 Å². The molecule has 2 fully saturated rings. The second-order valence-electron chi connectivity index (χ2n) is 8.76. The number of nitriles is 1. The third-order valence-corrected chi connectivity index (χ3v) is 6.38. The van der Waals surface area contributed by atoms with Crippen molar-refractivity contribution >= 4 is 23.7 Å². The van der Waals surface area contributed by atoms with Gasteiger partial charge < -0.3 is 19.5 Å². The molecular weight excluding hydrogens is 436 g/mol. The van der Waals surface area contributed by atoms with Gasteiger partial charge in [-0.2, -0.15) is 5.26 Å². The lowest BCUT2D eigenvalue weighted by Gasteiger charge is -2.35. The van der Waals surface area contributed by atoms with E-state index >= 15 is 0 Å². The van der Waals surface area contributed by atoms with E-state index in [0.29, 0.717) is 43.5 Å². The van der Waals surface area contributed by atoms with E-state index in [2.05, 4.69) is 17.2 Å². The zero-order chi connectivity index (χ0) is 24.5. The minimum absolute atomic E-state index is 0.221. The van der Waals surface area contributed by atoms with E-state index in [1.54, 1.807) is 18.7 Å². The molecule has 1 N–H and O–H groups in total. The number of carbonyl (C=O) groups excluding carboxylic acids is 3. The van der Waals surface area contributed by atoms with Gasteiger partial charge in [-0.25, -0.2) is 9.78 Å². The second kappa shape index (κ2) is 9.17. The van der Waals surface area contributed by atoms with Gasteiger partial charge in [-0.3, -0.25) is 14.5 Å². The molecule has 3 heterocycles. The number of nitrogens with one attached hydrogen (secondary N) is 1. The summed E-state index contributed by atoms with van der Waals surface area (Å²) in [6.07, 6.45) is 1.97. The summed E-state index contributed by atoms with van der Waals surface area (Å²) >= 11 is 0. The fourth-order valence-electron chi connectivity index (χ4n) is 4.43. The number of urea groups is 1. The average molecular weight is 465 g/mol. The summed E-state index contributed by atoms with van der Waals surface area (Å²) in [6.45, 7) is 6.79. The van der Waals surface area contributed by atoms with E-state index in [1.807, 2.05) is 35.2 Å². The summed E-state index contributed by atoms with van der Waals surface area (Å²) in [4.78, 5) is 47.3. The second-order valence-corrected chi connectivity index (χ2v) is 8.76. The van der Waals surface area contributed by atoms with E-state index in [0.717, 1.165) is 17.7 Å². The van der Waals surface area contributed by atoms with Gasteiger partial charge in [0.05, 0.1) is 0 Å². The maximum absolute atomic E-state index is 13.2. The van der Waals surface area contributed by atoms with Gasteiger partial charge in [0.1, 0.15) is 18.2 Å². The summed E-state index contributed by atoms with van der Waals surface area (Å²) in [6, 6.07) is 9.08. The molecule has 10 heteroatoms. The number of aryl methyl sites for hydroxylation is 2. The van der Waals surface area contributed by atoms with Crippen molar-refractivity contribution in [3.05, 3.63) is 47.0 Å². The lowest BCUT2D eigenvalue weighted by Crippen LogP contribution is -2.52. The number of oxazole rings is 1. The predicted octanol–water partition coefficient (Wildman–Crippen LogP) is 1.92. The van der Waals surface area contributed by atoms with Crippen molar-refractivity contribution in [1.29, 1.82) is 5.26 Å². The molecule has 0 radical (unpaired) electrons. The first kappa shape index (κ1) is 23.3. The van der Waals surface area contributed by atoms with Crippen LogP contribution < -0.4 is 10.2 Å². The summed E-state index contributed by atoms with van der Waals surface area (Å²) in [5.41, 5.74) is 0.863. The minimum Gasteiger partial charge on any atom is -0.424 e. The van der Waals surface area contributed by atoms with E-state index in [4.69, 9.17) is 4.42 Å². The van der Waals surface area contributed by atoms with Crippen molar-refractivity contribution in [2.45, 2.75) is 39.2 Å². The maximum Gasteiger partial charge on any atom is 0.325 e. The van der Waals surface area contributed by atoms with E-state index < -0.39 is 17.5 Å².